The molecule has 1 unspecified atom stereocenters. The van der Waals surface area contributed by atoms with E-state index in [0.717, 1.165) is 4.90 Å². The number of anilines is 1. The first-order valence-corrected chi connectivity index (χ1v) is 5.14. The SMILES string of the molecule is CN1CC(c2ccccc2N)(C(F)(F)F)OC1=O. The predicted molar refractivity (Wildman–Crippen MR) is 57.7 cm³/mol. The summed E-state index contributed by atoms with van der Waals surface area (Å²) < 4.78 is 44.4. The van der Waals surface area contributed by atoms with E-state index in [9.17, 15) is 18.0 Å². The van der Waals surface area contributed by atoms with Crippen LogP contribution in [0.5, 0.6) is 0 Å². The van der Waals surface area contributed by atoms with Crippen molar-refractivity contribution in [1.82, 2.24) is 4.90 Å². The predicted octanol–water partition coefficient (Wildman–Crippen LogP) is 2.11. The second-order valence-corrected chi connectivity index (χ2v) is 4.14. The van der Waals surface area contributed by atoms with E-state index < -0.39 is 24.4 Å². The summed E-state index contributed by atoms with van der Waals surface area (Å²) in [5.41, 5.74) is 2.57. The van der Waals surface area contributed by atoms with Gasteiger partial charge in [0.25, 0.3) is 5.60 Å². The maximum atomic E-state index is 13.3. The molecule has 0 spiro atoms. The molecular weight excluding hydrogens is 249 g/mol. The van der Waals surface area contributed by atoms with Gasteiger partial charge in [-0.1, -0.05) is 18.2 Å². The maximum Gasteiger partial charge on any atom is 0.434 e. The van der Waals surface area contributed by atoms with E-state index in [1.54, 1.807) is 0 Å². The third-order valence-corrected chi connectivity index (χ3v) is 2.89. The number of amides is 1. The van der Waals surface area contributed by atoms with E-state index in [2.05, 4.69) is 4.74 Å². The molecule has 1 aliphatic rings. The number of ether oxygens (including phenoxy) is 1. The summed E-state index contributed by atoms with van der Waals surface area (Å²) in [4.78, 5) is 12.2. The molecule has 1 saturated heterocycles. The minimum atomic E-state index is -4.73. The molecule has 2 N–H and O–H groups in total. The number of nitrogens with zero attached hydrogens (tertiary/aromatic N) is 1. The second kappa shape index (κ2) is 3.79. The number of likely N-dealkylation sites (N-methyl/N-ethyl adjacent to an activating group) is 1. The first-order chi connectivity index (χ1) is 8.28. The van der Waals surface area contributed by atoms with E-state index in [4.69, 9.17) is 5.73 Å². The van der Waals surface area contributed by atoms with Crippen molar-refractivity contribution < 1.29 is 22.7 Å². The summed E-state index contributed by atoms with van der Waals surface area (Å²) in [6.07, 6.45) is -5.75. The Labute approximate surface area is 101 Å². The number of alkyl halides is 3. The van der Waals surface area contributed by atoms with Gasteiger partial charge in [0.1, 0.15) is 0 Å². The molecule has 0 saturated carbocycles. The Morgan fingerprint density at radius 1 is 1.39 bits per heavy atom. The van der Waals surface area contributed by atoms with Gasteiger partial charge >= 0.3 is 12.3 Å². The monoisotopic (exact) mass is 260 g/mol. The lowest BCUT2D eigenvalue weighted by Gasteiger charge is -2.30. The molecule has 7 heteroatoms. The van der Waals surface area contributed by atoms with Crippen molar-refractivity contribution in [2.75, 3.05) is 19.3 Å². The molecular formula is C11H11F3N2O2. The lowest BCUT2D eigenvalue weighted by Crippen LogP contribution is -2.46. The van der Waals surface area contributed by atoms with Crippen molar-refractivity contribution in [1.29, 1.82) is 0 Å². The van der Waals surface area contributed by atoms with Crippen LogP contribution in [0, 0.1) is 0 Å². The minimum absolute atomic E-state index is 0.0575. The van der Waals surface area contributed by atoms with Gasteiger partial charge in [0.15, 0.2) is 0 Å². The minimum Gasteiger partial charge on any atom is -0.426 e. The van der Waals surface area contributed by atoms with Crippen molar-refractivity contribution in [2.45, 2.75) is 11.8 Å². The Kier molecular flexibility index (Phi) is 2.64. The molecule has 1 amide bonds. The number of cyclic esters (lactones) is 1. The highest BCUT2D eigenvalue weighted by Crippen LogP contribution is 2.47. The van der Waals surface area contributed by atoms with Crippen LogP contribution in [0.3, 0.4) is 0 Å². The van der Waals surface area contributed by atoms with Gasteiger partial charge in [0.05, 0.1) is 6.54 Å². The first kappa shape index (κ1) is 12.5. The zero-order chi connectivity index (χ0) is 13.6. The number of nitrogen functional groups attached to an aromatic ring is 1. The summed E-state index contributed by atoms with van der Waals surface area (Å²) in [5.74, 6) is 0. The molecule has 1 heterocycles. The Bertz CT molecular complexity index is 489. The third-order valence-electron chi connectivity index (χ3n) is 2.89. The normalized spacial score (nSPS) is 24.2. The van der Waals surface area contributed by atoms with Gasteiger partial charge in [-0.3, -0.25) is 0 Å². The maximum absolute atomic E-state index is 13.3. The number of halogens is 3. The highest BCUT2D eigenvalue weighted by Gasteiger charge is 2.64. The Balaban J connectivity index is 2.59. The fourth-order valence-corrected chi connectivity index (χ4v) is 1.96. The van der Waals surface area contributed by atoms with Gasteiger partial charge in [0.2, 0.25) is 0 Å². The topological polar surface area (TPSA) is 55.6 Å². The molecule has 0 aliphatic carbocycles. The molecule has 2 rings (SSSR count). The van der Waals surface area contributed by atoms with Crippen LogP contribution in [0.15, 0.2) is 24.3 Å². The van der Waals surface area contributed by atoms with Gasteiger partial charge in [-0.05, 0) is 6.07 Å². The first-order valence-electron chi connectivity index (χ1n) is 5.14. The molecule has 1 atom stereocenters. The van der Waals surface area contributed by atoms with E-state index in [-0.39, 0.29) is 11.3 Å². The summed E-state index contributed by atoms with van der Waals surface area (Å²) >= 11 is 0. The van der Waals surface area contributed by atoms with Crippen LogP contribution >= 0.6 is 0 Å². The summed E-state index contributed by atoms with van der Waals surface area (Å²) in [7, 11) is 1.24. The standard InChI is InChI=1S/C11H11F3N2O2/c1-16-6-10(11(12,13)14,18-9(16)17)7-4-2-3-5-8(7)15/h2-5H,6,15H2,1H3. The van der Waals surface area contributed by atoms with Crippen LogP contribution in [0.1, 0.15) is 5.56 Å². The lowest BCUT2D eigenvalue weighted by molar-refractivity contribution is -0.251. The Morgan fingerprint density at radius 2 is 2.00 bits per heavy atom. The van der Waals surface area contributed by atoms with Crippen molar-refractivity contribution in [3.8, 4) is 0 Å². The highest BCUT2D eigenvalue weighted by molar-refractivity contribution is 5.72. The lowest BCUT2D eigenvalue weighted by atomic mass is 9.91. The Morgan fingerprint density at radius 3 is 2.44 bits per heavy atom. The number of carbonyl (C=O) groups excluding carboxylic acids is 1. The molecule has 0 radical (unpaired) electrons. The van der Waals surface area contributed by atoms with Gasteiger partial charge in [-0.15, -0.1) is 0 Å². The van der Waals surface area contributed by atoms with E-state index in [1.807, 2.05) is 0 Å². The number of carbonyl (C=O) groups is 1. The summed E-state index contributed by atoms with van der Waals surface area (Å²) in [6, 6.07) is 5.50. The number of nitrogens with two attached hydrogens (primary N) is 1. The van der Waals surface area contributed by atoms with Gasteiger partial charge in [0, 0.05) is 18.3 Å². The van der Waals surface area contributed by atoms with Crippen LogP contribution < -0.4 is 5.73 Å². The fraction of sp³-hybridized carbons (Fsp3) is 0.364. The van der Waals surface area contributed by atoms with E-state index in [0.29, 0.717) is 0 Å². The van der Waals surface area contributed by atoms with Crippen LogP contribution in [0.25, 0.3) is 0 Å². The molecule has 1 aliphatic heterocycles. The number of hydrogen-bond donors (Lipinski definition) is 1. The molecule has 1 aromatic carbocycles. The van der Waals surface area contributed by atoms with Crippen molar-refractivity contribution in [3.05, 3.63) is 29.8 Å². The van der Waals surface area contributed by atoms with Crippen LogP contribution in [0.4, 0.5) is 23.7 Å². The van der Waals surface area contributed by atoms with Crippen molar-refractivity contribution in [3.63, 3.8) is 0 Å². The van der Waals surface area contributed by atoms with Crippen molar-refractivity contribution >= 4 is 11.8 Å². The average molecular weight is 260 g/mol. The van der Waals surface area contributed by atoms with Crippen molar-refractivity contribution in [2.24, 2.45) is 0 Å². The highest BCUT2D eigenvalue weighted by atomic mass is 19.4. The zero-order valence-electron chi connectivity index (χ0n) is 9.49. The number of para-hydroxylation sites is 1. The number of benzene rings is 1. The van der Waals surface area contributed by atoms with Crippen LogP contribution in [-0.2, 0) is 10.3 Å². The largest absolute Gasteiger partial charge is 0.434 e. The number of hydrogen-bond acceptors (Lipinski definition) is 3. The molecule has 0 bridgehead atoms. The molecule has 98 valence electrons. The second-order valence-electron chi connectivity index (χ2n) is 4.14. The van der Waals surface area contributed by atoms with E-state index >= 15 is 0 Å². The van der Waals surface area contributed by atoms with Crippen LogP contribution in [-0.4, -0.2) is 30.8 Å². The average Bonchev–Trinajstić information content (AvgIpc) is 2.56. The fourth-order valence-electron chi connectivity index (χ4n) is 1.96. The van der Waals surface area contributed by atoms with Gasteiger partial charge in [-0.2, -0.15) is 13.2 Å². The van der Waals surface area contributed by atoms with Crippen LogP contribution in [0.2, 0.25) is 0 Å². The third kappa shape index (κ3) is 1.66. The Hall–Kier alpha value is -1.92. The summed E-state index contributed by atoms with van der Waals surface area (Å²) in [6.45, 7) is -0.608. The zero-order valence-corrected chi connectivity index (χ0v) is 9.49. The molecule has 1 fully saturated rings. The molecule has 0 aromatic heterocycles. The summed E-state index contributed by atoms with van der Waals surface area (Å²) in [5, 5.41) is 0. The molecule has 4 nitrogen and oxygen atoms in total. The van der Waals surface area contributed by atoms with Gasteiger partial charge in [-0.25, -0.2) is 4.79 Å². The molecule has 1 aromatic rings. The smallest absolute Gasteiger partial charge is 0.426 e. The molecule has 18 heavy (non-hydrogen) atoms. The number of rotatable bonds is 1. The van der Waals surface area contributed by atoms with Gasteiger partial charge < -0.3 is 15.4 Å². The van der Waals surface area contributed by atoms with E-state index in [1.165, 1.54) is 31.3 Å². The quantitative estimate of drug-likeness (QED) is 0.787.